The van der Waals surface area contributed by atoms with Crippen molar-refractivity contribution in [2.45, 2.75) is 6.42 Å². The molecule has 172 valence electrons. The van der Waals surface area contributed by atoms with Crippen molar-refractivity contribution in [3.05, 3.63) is 72.5 Å². The molecule has 1 aromatic heterocycles. The molecule has 1 fully saturated rings. The van der Waals surface area contributed by atoms with E-state index >= 15 is 0 Å². The lowest BCUT2D eigenvalue weighted by Crippen LogP contribution is -2.41. The molecule has 2 heterocycles. The molecule has 1 N–H and O–H groups in total. The van der Waals surface area contributed by atoms with Crippen LogP contribution in [0, 0.1) is 0 Å². The number of carbonyl (C=O) groups is 2. The Morgan fingerprint density at radius 1 is 0.970 bits per heavy atom. The normalized spacial score (nSPS) is 14.1. The second kappa shape index (κ2) is 11.4. The van der Waals surface area contributed by atoms with Gasteiger partial charge in [-0.3, -0.25) is 14.5 Å². The minimum Gasteiger partial charge on any atom is -0.379 e. The summed E-state index contributed by atoms with van der Waals surface area (Å²) in [4.78, 5) is 29.7. The summed E-state index contributed by atoms with van der Waals surface area (Å²) in [7, 11) is 0. The fraction of sp³-hybridized carbons (Fsp3) is 0.320. The number of amides is 2. The molecule has 1 aliphatic heterocycles. The first-order valence-electron chi connectivity index (χ1n) is 11.1. The number of morpholine rings is 1. The molecule has 0 radical (unpaired) electrons. The van der Waals surface area contributed by atoms with Gasteiger partial charge in [-0.05, 0) is 29.7 Å². The smallest absolute Gasteiger partial charge is 0.254 e. The molecule has 0 aliphatic carbocycles. The number of benzene rings is 2. The fourth-order valence-corrected chi connectivity index (χ4v) is 3.81. The van der Waals surface area contributed by atoms with E-state index in [-0.39, 0.29) is 18.4 Å². The van der Waals surface area contributed by atoms with E-state index in [9.17, 15) is 9.59 Å². The summed E-state index contributed by atoms with van der Waals surface area (Å²) in [5.74, 6) is -0.163. The van der Waals surface area contributed by atoms with Crippen LogP contribution >= 0.6 is 0 Å². The Balaban J connectivity index is 1.42. The van der Waals surface area contributed by atoms with E-state index in [2.05, 4.69) is 15.4 Å². The summed E-state index contributed by atoms with van der Waals surface area (Å²) in [5.41, 5.74) is 2.68. The van der Waals surface area contributed by atoms with E-state index in [1.54, 1.807) is 11.0 Å². The van der Waals surface area contributed by atoms with Gasteiger partial charge in [0.15, 0.2) is 5.82 Å². The first-order valence-corrected chi connectivity index (χ1v) is 11.1. The van der Waals surface area contributed by atoms with Gasteiger partial charge in [-0.25, -0.2) is 0 Å². The lowest BCUT2D eigenvalue weighted by molar-refractivity contribution is -0.117. The Bertz CT molecular complexity index is 1020. The van der Waals surface area contributed by atoms with E-state index in [1.165, 1.54) is 6.26 Å². The van der Waals surface area contributed by atoms with Gasteiger partial charge >= 0.3 is 0 Å². The lowest BCUT2D eigenvalue weighted by Gasteiger charge is -2.28. The molecule has 8 nitrogen and oxygen atoms in total. The van der Waals surface area contributed by atoms with E-state index < -0.39 is 0 Å². The van der Waals surface area contributed by atoms with Gasteiger partial charge in [0.2, 0.25) is 5.91 Å². The van der Waals surface area contributed by atoms with Crippen molar-refractivity contribution < 1.29 is 18.8 Å². The highest BCUT2D eigenvalue weighted by molar-refractivity contribution is 5.99. The molecule has 8 heteroatoms. The number of carbonyl (C=O) groups excluding carboxylic acids is 2. The van der Waals surface area contributed by atoms with Crippen LogP contribution in [-0.4, -0.2) is 72.7 Å². The average Bonchev–Trinajstić information content (AvgIpc) is 3.37. The summed E-state index contributed by atoms with van der Waals surface area (Å²) in [6.07, 6.45) is 2.15. The summed E-state index contributed by atoms with van der Waals surface area (Å²) in [5, 5.41) is 6.36. The monoisotopic (exact) mass is 448 g/mol. The minimum absolute atomic E-state index is 0.0603. The molecule has 0 bridgehead atoms. The number of rotatable bonds is 9. The molecular formula is C25H28N4O4. The maximum Gasteiger partial charge on any atom is 0.254 e. The number of nitrogens with one attached hydrogen (secondary N) is 1. The Morgan fingerprint density at radius 2 is 1.70 bits per heavy atom. The van der Waals surface area contributed by atoms with Crippen molar-refractivity contribution >= 4 is 17.6 Å². The van der Waals surface area contributed by atoms with E-state index in [0.29, 0.717) is 17.9 Å². The molecule has 0 unspecified atom stereocenters. The maximum absolute atomic E-state index is 13.3. The third kappa shape index (κ3) is 6.50. The molecule has 0 atom stereocenters. The Labute approximate surface area is 193 Å². The molecule has 0 saturated carbocycles. The van der Waals surface area contributed by atoms with Crippen LogP contribution in [0.25, 0.3) is 11.1 Å². The molecule has 1 aliphatic rings. The molecule has 2 aromatic carbocycles. The van der Waals surface area contributed by atoms with Gasteiger partial charge in [-0.1, -0.05) is 47.6 Å². The highest BCUT2D eigenvalue weighted by atomic mass is 16.5. The number of nitrogens with zero attached hydrogens (tertiary/aromatic N) is 3. The van der Waals surface area contributed by atoms with Crippen molar-refractivity contribution in [1.82, 2.24) is 15.0 Å². The van der Waals surface area contributed by atoms with Crippen molar-refractivity contribution in [2.75, 3.05) is 51.3 Å². The minimum atomic E-state index is -0.315. The van der Waals surface area contributed by atoms with Crippen molar-refractivity contribution in [2.24, 2.45) is 0 Å². The van der Waals surface area contributed by atoms with Gasteiger partial charge in [0, 0.05) is 37.8 Å². The van der Waals surface area contributed by atoms with E-state index in [4.69, 9.17) is 9.26 Å². The highest BCUT2D eigenvalue weighted by Crippen LogP contribution is 2.20. The molecule has 2 amide bonds. The fourth-order valence-electron chi connectivity index (χ4n) is 3.81. The molecule has 1 saturated heterocycles. The van der Waals surface area contributed by atoms with Gasteiger partial charge in [0.1, 0.15) is 12.8 Å². The third-order valence-electron chi connectivity index (χ3n) is 5.57. The van der Waals surface area contributed by atoms with E-state index in [1.807, 2.05) is 54.6 Å². The zero-order valence-electron chi connectivity index (χ0n) is 18.5. The first-order chi connectivity index (χ1) is 16.2. The van der Waals surface area contributed by atoms with Crippen LogP contribution in [0.4, 0.5) is 5.82 Å². The van der Waals surface area contributed by atoms with Crippen LogP contribution in [0.3, 0.4) is 0 Å². The van der Waals surface area contributed by atoms with Crippen LogP contribution in [0.2, 0.25) is 0 Å². The topological polar surface area (TPSA) is 87.9 Å². The predicted octanol–water partition coefficient (Wildman–Crippen LogP) is 3.14. The number of hydrogen-bond donors (Lipinski definition) is 1. The number of ether oxygens (including phenoxy) is 1. The van der Waals surface area contributed by atoms with Gasteiger partial charge in [0.25, 0.3) is 5.91 Å². The SMILES string of the molecule is O=C(CN(CCCN1CCOCC1)C(=O)c1ccc(-c2ccccc2)cc1)Nc1ccon1. The summed E-state index contributed by atoms with van der Waals surface area (Å²) in [6, 6.07) is 19.1. The third-order valence-corrected chi connectivity index (χ3v) is 5.57. The van der Waals surface area contributed by atoms with Crippen LogP contribution in [0.5, 0.6) is 0 Å². The summed E-state index contributed by atoms with van der Waals surface area (Å²) < 4.78 is 10.2. The van der Waals surface area contributed by atoms with Gasteiger partial charge in [-0.2, -0.15) is 0 Å². The maximum atomic E-state index is 13.3. The summed E-state index contributed by atoms with van der Waals surface area (Å²) in [6.45, 7) is 4.51. The Morgan fingerprint density at radius 3 is 2.39 bits per heavy atom. The van der Waals surface area contributed by atoms with Crippen LogP contribution in [-0.2, 0) is 9.53 Å². The van der Waals surface area contributed by atoms with E-state index in [0.717, 1.165) is 50.4 Å². The van der Waals surface area contributed by atoms with Crippen molar-refractivity contribution in [1.29, 1.82) is 0 Å². The van der Waals surface area contributed by atoms with Crippen LogP contribution in [0.1, 0.15) is 16.8 Å². The molecule has 0 spiro atoms. The number of anilines is 1. The zero-order valence-corrected chi connectivity index (χ0v) is 18.5. The second-order valence-corrected chi connectivity index (χ2v) is 7.91. The van der Waals surface area contributed by atoms with Crippen LogP contribution < -0.4 is 5.32 Å². The zero-order chi connectivity index (χ0) is 22.9. The first kappa shape index (κ1) is 22.7. The van der Waals surface area contributed by atoms with Gasteiger partial charge in [-0.15, -0.1) is 0 Å². The second-order valence-electron chi connectivity index (χ2n) is 7.91. The average molecular weight is 449 g/mol. The van der Waals surface area contributed by atoms with Gasteiger partial charge in [0.05, 0.1) is 13.2 Å². The molecular weight excluding hydrogens is 420 g/mol. The van der Waals surface area contributed by atoms with Gasteiger partial charge < -0.3 is 19.5 Å². The molecule has 3 aromatic rings. The number of hydrogen-bond acceptors (Lipinski definition) is 6. The number of aromatic nitrogens is 1. The largest absolute Gasteiger partial charge is 0.379 e. The lowest BCUT2D eigenvalue weighted by atomic mass is 10.0. The Kier molecular flexibility index (Phi) is 7.84. The summed E-state index contributed by atoms with van der Waals surface area (Å²) >= 11 is 0. The predicted molar refractivity (Wildman–Crippen MR) is 125 cm³/mol. The quantitative estimate of drug-likeness (QED) is 0.541. The van der Waals surface area contributed by atoms with Crippen molar-refractivity contribution in [3.8, 4) is 11.1 Å². The van der Waals surface area contributed by atoms with Crippen molar-refractivity contribution in [3.63, 3.8) is 0 Å². The highest BCUT2D eigenvalue weighted by Gasteiger charge is 2.20. The standard InChI is InChI=1S/C25H28N4O4/c30-24(26-23-11-16-33-27-23)19-29(13-4-12-28-14-17-32-18-15-28)25(31)22-9-7-21(8-10-22)20-5-2-1-3-6-20/h1-3,5-11,16H,4,12-15,17-19H2,(H,26,27,30). The molecule has 4 rings (SSSR count). The van der Waals surface area contributed by atoms with Crippen LogP contribution in [0.15, 0.2) is 71.4 Å². The molecule has 33 heavy (non-hydrogen) atoms. The Hall–Kier alpha value is -3.49.